The number of methoxy groups -OCH3 is 1. The fourth-order valence-corrected chi connectivity index (χ4v) is 2.58. The van der Waals surface area contributed by atoms with E-state index >= 15 is 0 Å². The second-order valence-electron chi connectivity index (χ2n) is 4.65. The minimum atomic E-state index is -0.688. The van der Waals surface area contributed by atoms with Crippen LogP contribution < -0.4 is 11.2 Å². The molecule has 1 aliphatic rings. The summed E-state index contributed by atoms with van der Waals surface area (Å²) in [7, 11) is 1.52. The molecule has 2 rings (SSSR count). The van der Waals surface area contributed by atoms with Crippen molar-refractivity contribution >= 4 is 0 Å². The summed E-state index contributed by atoms with van der Waals surface area (Å²) in [6, 6.07) is 1.24. The summed E-state index contributed by atoms with van der Waals surface area (Å²) in [4.78, 5) is 25.1. The van der Waals surface area contributed by atoms with Gasteiger partial charge in [0.05, 0.1) is 12.7 Å². The molecule has 1 unspecified atom stereocenters. The minimum Gasteiger partial charge on any atom is -0.394 e. The first-order chi connectivity index (χ1) is 9.62. The molecule has 1 aliphatic heterocycles. The number of allylic oxidation sites excluding steroid dienone is 1. The third-order valence-corrected chi connectivity index (χ3v) is 3.51. The molecule has 1 fully saturated rings. The first kappa shape index (κ1) is 14.7. The van der Waals surface area contributed by atoms with Gasteiger partial charge in [0.1, 0.15) is 6.10 Å². The molecular weight excluding hydrogens is 264 g/mol. The smallest absolute Gasteiger partial charge is 0.330 e. The number of hydrogen-bond acceptors (Lipinski definition) is 5. The molecule has 4 atom stereocenters. The zero-order chi connectivity index (χ0) is 14.7. The van der Waals surface area contributed by atoms with Gasteiger partial charge in [-0.2, -0.15) is 0 Å². The van der Waals surface area contributed by atoms with Gasteiger partial charge in [0.25, 0.3) is 5.56 Å². The highest BCUT2D eigenvalue weighted by molar-refractivity contribution is 4.95. The summed E-state index contributed by atoms with van der Waals surface area (Å²) in [5, 5.41) is 9.39. The molecule has 7 heteroatoms. The molecule has 20 heavy (non-hydrogen) atoms. The van der Waals surface area contributed by atoms with Crippen LogP contribution in [-0.2, 0) is 9.47 Å². The van der Waals surface area contributed by atoms with Gasteiger partial charge in [-0.1, -0.05) is 6.08 Å². The number of aliphatic hydroxyl groups excluding tert-OH is 1. The number of nitrogens with zero attached hydrogens (tertiary/aromatic N) is 1. The highest BCUT2D eigenvalue weighted by Gasteiger charge is 2.45. The van der Waals surface area contributed by atoms with Crippen LogP contribution >= 0.6 is 0 Å². The van der Waals surface area contributed by atoms with Crippen molar-refractivity contribution in [3.63, 3.8) is 0 Å². The maximum atomic E-state index is 11.8. The minimum absolute atomic E-state index is 0.105. The second-order valence-corrected chi connectivity index (χ2v) is 4.65. The van der Waals surface area contributed by atoms with Gasteiger partial charge in [-0.05, 0) is 6.42 Å². The lowest BCUT2D eigenvalue weighted by atomic mass is 9.94. The van der Waals surface area contributed by atoms with E-state index in [9.17, 15) is 14.7 Å². The number of aliphatic hydroxyl groups is 1. The molecule has 1 saturated heterocycles. The molecule has 0 aliphatic carbocycles. The average Bonchev–Trinajstić information content (AvgIpc) is 2.77. The molecule has 110 valence electrons. The van der Waals surface area contributed by atoms with Crippen molar-refractivity contribution < 1.29 is 14.6 Å². The first-order valence-corrected chi connectivity index (χ1v) is 6.33. The topological polar surface area (TPSA) is 93.5 Å². The van der Waals surface area contributed by atoms with Crippen LogP contribution in [0.4, 0.5) is 0 Å². The van der Waals surface area contributed by atoms with Gasteiger partial charge in [0.2, 0.25) is 0 Å². The fourth-order valence-electron chi connectivity index (χ4n) is 2.58. The van der Waals surface area contributed by atoms with E-state index in [4.69, 9.17) is 9.47 Å². The van der Waals surface area contributed by atoms with E-state index in [1.807, 2.05) is 0 Å². The summed E-state index contributed by atoms with van der Waals surface area (Å²) < 4.78 is 12.4. The largest absolute Gasteiger partial charge is 0.394 e. The Kier molecular flexibility index (Phi) is 4.53. The Morgan fingerprint density at radius 3 is 2.90 bits per heavy atom. The van der Waals surface area contributed by atoms with Crippen LogP contribution in [0.1, 0.15) is 12.6 Å². The Balaban J connectivity index is 2.38. The molecule has 7 nitrogen and oxygen atoms in total. The summed E-state index contributed by atoms with van der Waals surface area (Å²) in [6.07, 6.45) is 2.14. The second kappa shape index (κ2) is 6.17. The van der Waals surface area contributed by atoms with Gasteiger partial charge in [-0.3, -0.25) is 14.3 Å². The molecule has 0 spiro atoms. The van der Waals surface area contributed by atoms with Gasteiger partial charge < -0.3 is 14.6 Å². The normalized spacial score (nSPS) is 29.5. The van der Waals surface area contributed by atoms with E-state index in [0.29, 0.717) is 6.42 Å². The lowest BCUT2D eigenvalue weighted by molar-refractivity contribution is -0.0625. The maximum absolute atomic E-state index is 11.8. The van der Waals surface area contributed by atoms with Crippen LogP contribution in [-0.4, -0.2) is 40.6 Å². The Labute approximate surface area is 115 Å². The van der Waals surface area contributed by atoms with E-state index in [-0.39, 0.29) is 12.5 Å². The molecule has 0 radical (unpaired) electrons. The summed E-state index contributed by atoms with van der Waals surface area (Å²) >= 11 is 0. The van der Waals surface area contributed by atoms with E-state index in [1.54, 1.807) is 6.08 Å². The Bertz CT molecular complexity index is 579. The molecule has 2 N–H and O–H groups in total. The summed E-state index contributed by atoms with van der Waals surface area (Å²) in [6.45, 7) is 3.51. The van der Waals surface area contributed by atoms with Crippen molar-refractivity contribution in [2.24, 2.45) is 5.92 Å². The van der Waals surface area contributed by atoms with Crippen LogP contribution in [0.2, 0.25) is 0 Å². The molecule has 1 aromatic heterocycles. The number of aromatic amines is 1. The number of ether oxygens (including phenoxy) is 2. The first-order valence-electron chi connectivity index (χ1n) is 6.33. The summed E-state index contributed by atoms with van der Waals surface area (Å²) in [5.41, 5.74) is -1.04. The van der Waals surface area contributed by atoms with Gasteiger partial charge in [0.15, 0.2) is 6.23 Å². The molecule has 0 saturated carbocycles. The van der Waals surface area contributed by atoms with Crippen LogP contribution in [0, 0.1) is 5.92 Å². The Morgan fingerprint density at radius 1 is 1.60 bits per heavy atom. The van der Waals surface area contributed by atoms with Crippen LogP contribution in [0.5, 0.6) is 0 Å². The molecule has 1 aromatic rings. The van der Waals surface area contributed by atoms with Crippen molar-refractivity contribution in [1.82, 2.24) is 9.55 Å². The maximum Gasteiger partial charge on any atom is 0.330 e. The van der Waals surface area contributed by atoms with Crippen LogP contribution in [0.15, 0.2) is 34.5 Å². The van der Waals surface area contributed by atoms with Crippen LogP contribution in [0.3, 0.4) is 0 Å². The van der Waals surface area contributed by atoms with E-state index in [0.717, 1.165) is 0 Å². The van der Waals surface area contributed by atoms with Gasteiger partial charge in [0, 0.05) is 25.3 Å². The van der Waals surface area contributed by atoms with E-state index in [1.165, 1.54) is 23.9 Å². The molecule has 0 bridgehead atoms. The average molecular weight is 282 g/mol. The summed E-state index contributed by atoms with van der Waals surface area (Å²) in [5.74, 6) is -0.105. The van der Waals surface area contributed by atoms with Crippen LogP contribution in [0.25, 0.3) is 0 Å². The molecule has 0 amide bonds. The predicted molar refractivity (Wildman–Crippen MR) is 71.4 cm³/mol. The number of aromatic nitrogens is 2. The van der Waals surface area contributed by atoms with Crippen molar-refractivity contribution in [3.8, 4) is 0 Å². The number of hydrogen-bond donors (Lipinski definition) is 2. The zero-order valence-corrected chi connectivity index (χ0v) is 11.2. The highest BCUT2D eigenvalue weighted by atomic mass is 16.6. The third-order valence-electron chi connectivity index (χ3n) is 3.51. The monoisotopic (exact) mass is 282 g/mol. The Morgan fingerprint density at radius 2 is 2.35 bits per heavy atom. The van der Waals surface area contributed by atoms with E-state index < -0.39 is 29.7 Å². The lowest BCUT2D eigenvalue weighted by Crippen LogP contribution is -2.36. The Hall–Kier alpha value is -1.70. The quantitative estimate of drug-likeness (QED) is 0.719. The number of H-pyrrole nitrogens is 1. The van der Waals surface area contributed by atoms with Crippen molar-refractivity contribution in [1.29, 1.82) is 0 Å². The fraction of sp³-hybridized carbons (Fsp3) is 0.538. The third kappa shape index (κ3) is 2.60. The van der Waals surface area contributed by atoms with Gasteiger partial charge >= 0.3 is 5.69 Å². The number of nitrogens with one attached hydrogen (secondary N) is 1. The van der Waals surface area contributed by atoms with E-state index in [2.05, 4.69) is 11.6 Å². The molecule has 0 aromatic carbocycles. The SMILES string of the molecule is C=CCC1[C@@H](CO)O[C@@H](n2ccc(=O)[nH]c2=O)[C@H]1OC. The zero-order valence-electron chi connectivity index (χ0n) is 11.2. The van der Waals surface area contributed by atoms with Crippen molar-refractivity contribution in [3.05, 3.63) is 45.8 Å². The van der Waals surface area contributed by atoms with Gasteiger partial charge in [-0.25, -0.2) is 4.79 Å². The van der Waals surface area contributed by atoms with Crippen molar-refractivity contribution in [2.45, 2.75) is 24.9 Å². The standard InChI is InChI=1S/C13H18N2O5/c1-3-4-8-9(7-16)20-12(11(8)19-2)15-6-5-10(17)14-13(15)18/h3,5-6,8-9,11-12,16H,1,4,7H2,2H3,(H,14,17,18)/t8?,9-,11+,12-/m1/s1. The number of rotatable bonds is 5. The van der Waals surface area contributed by atoms with Gasteiger partial charge in [-0.15, -0.1) is 6.58 Å². The molecule has 2 heterocycles. The highest BCUT2D eigenvalue weighted by Crippen LogP contribution is 2.37. The van der Waals surface area contributed by atoms with Crippen molar-refractivity contribution in [2.75, 3.05) is 13.7 Å². The lowest BCUT2D eigenvalue weighted by Gasteiger charge is -2.22. The molecular formula is C13H18N2O5. The predicted octanol–water partition coefficient (Wildman–Crippen LogP) is -0.366.